The first-order valence-electron chi connectivity index (χ1n) is 16.6. The minimum absolute atomic E-state index is 0.0135. The number of benzene rings is 3. The maximum Gasteiger partial charge on any atom is 0.258 e. The predicted octanol–water partition coefficient (Wildman–Crippen LogP) is 9.04. The second-order valence-electron chi connectivity index (χ2n) is 10.9. The standard InChI is InChI=1S/C34H34F2N4O4.2C2H6/c1-4-15-40(20(3)5-2)33(43)21-9-12-23(13-10-21)37-28-17-27(31-25(35)7-6-8-26(31)36)38-29-19-39(34(44)32(28)29)18-22-11-14-24(41)16-30(22)42;2*1-2/h6-14,16-17,20,41-42H,4-5,15,18-19H2,1-3H3,(H,37,38);2*1-2H3. The van der Waals surface area contributed by atoms with E-state index in [1.54, 1.807) is 24.3 Å². The van der Waals surface area contributed by atoms with Crippen LogP contribution in [0.3, 0.4) is 0 Å². The molecule has 8 nitrogen and oxygen atoms in total. The summed E-state index contributed by atoms with van der Waals surface area (Å²) in [6, 6.07) is 16.0. The van der Waals surface area contributed by atoms with E-state index in [1.165, 1.54) is 35.2 Å². The quantitative estimate of drug-likeness (QED) is 0.157. The lowest BCUT2D eigenvalue weighted by Gasteiger charge is -2.28. The van der Waals surface area contributed by atoms with Crippen molar-refractivity contribution in [2.75, 3.05) is 11.9 Å². The van der Waals surface area contributed by atoms with Gasteiger partial charge in [-0.05, 0) is 74.4 Å². The summed E-state index contributed by atoms with van der Waals surface area (Å²) in [5.74, 6) is -2.33. The summed E-state index contributed by atoms with van der Waals surface area (Å²) >= 11 is 0. The predicted molar refractivity (Wildman–Crippen MR) is 186 cm³/mol. The van der Waals surface area contributed by atoms with Gasteiger partial charge in [-0.2, -0.15) is 0 Å². The topological polar surface area (TPSA) is 106 Å². The van der Waals surface area contributed by atoms with Crippen molar-refractivity contribution < 1.29 is 28.6 Å². The maximum absolute atomic E-state index is 14.8. The van der Waals surface area contributed by atoms with Gasteiger partial charge in [0.05, 0.1) is 41.3 Å². The Kier molecular flexibility index (Phi) is 13.5. The third-order valence-electron chi connectivity index (χ3n) is 7.84. The van der Waals surface area contributed by atoms with E-state index in [0.29, 0.717) is 34.7 Å². The van der Waals surface area contributed by atoms with Crippen LogP contribution in [-0.2, 0) is 13.1 Å². The number of pyridine rings is 1. The van der Waals surface area contributed by atoms with E-state index in [9.17, 15) is 28.6 Å². The SMILES string of the molecule is CC.CC.CCCN(C(=O)c1ccc(Nc2cc(-c3c(F)cccc3F)nc3c2C(=O)N(Cc2ccc(O)cc2O)C3)cc1)C(C)CC. The second kappa shape index (κ2) is 17.2. The molecule has 1 atom stereocenters. The lowest BCUT2D eigenvalue weighted by Crippen LogP contribution is -2.38. The summed E-state index contributed by atoms with van der Waals surface area (Å²) in [7, 11) is 0. The number of nitrogens with zero attached hydrogens (tertiary/aromatic N) is 3. The third-order valence-corrected chi connectivity index (χ3v) is 7.84. The molecule has 0 bridgehead atoms. The van der Waals surface area contributed by atoms with E-state index in [4.69, 9.17) is 0 Å². The lowest BCUT2D eigenvalue weighted by atomic mass is 10.1. The van der Waals surface area contributed by atoms with Crippen LogP contribution >= 0.6 is 0 Å². The molecule has 256 valence electrons. The molecule has 1 unspecified atom stereocenters. The van der Waals surface area contributed by atoms with Gasteiger partial charge in [0.1, 0.15) is 23.1 Å². The van der Waals surface area contributed by atoms with Gasteiger partial charge in [-0.15, -0.1) is 0 Å². The van der Waals surface area contributed by atoms with Crippen molar-refractivity contribution in [2.24, 2.45) is 0 Å². The molecular weight excluding hydrogens is 614 g/mol. The Bertz CT molecular complexity index is 1690. The summed E-state index contributed by atoms with van der Waals surface area (Å²) in [6.07, 6.45) is 1.67. The Morgan fingerprint density at radius 1 is 0.958 bits per heavy atom. The van der Waals surface area contributed by atoms with Crippen LogP contribution in [0.5, 0.6) is 11.5 Å². The number of nitrogens with one attached hydrogen (secondary N) is 1. The van der Waals surface area contributed by atoms with Gasteiger partial charge in [0.25, 0.3) is 11.8 Å². The molecule has 2 amide bonds. The van der Waals surface area contributed by atoms with Gasteiger partial charge in [0, 0.05) is 35.5 Å². The molecule has 10 heteroatoms. The van der Waals surface area contributed by atoms with Crippen LogP contribution < -0.4 is 5.32 Å². The minimum atomic E-state index is -0.792. The fraction of sp³-hybridized carbons (Fsp3) is 0.342. The van der Waals surface area contributed by atoms with Crippen molar-refractivity contribution >= 4 is 23.2 Å². The Hall–Kier alpha value is -4.99. The van der Waals surface area contributed by atoms with E-state index < -0.39 is 17.5 Å². The number of aromatic nitrogens is 1. The lowest BCUT2D eigenvalue weighted by molar-refractivity contribution is 0.0687. The van der Waals surface area contributed by atoms with Gasteiger partial charge in [0.15, 0.2) is 0 Å². The van der Waals surface area contributed by atoms with Crippen LogP contribution in [-0.4, -0.2) is 49.4 Å². The molecule has 5 rings (SSSR count). The average Bonchev–Trinajstić information content (AvgIpc) is 3.41. The van der Waals surface area contributed by atoms with Gasteiger partial charge < -0.3 is 25.3 Å². The number of rotatable bonds is 10. The highest BCUT2D eigenvalue weighted by molar-refractivity contribution is 6.04. The van der Waals surface area contributed by atoms with Crippen molar-refractivity contribution in [3.63, 3.8) is 0 Å². The van der Waals surface area contributed by atoms with Gasteiger partial charge in [-0.25, -0.2) is 13.8 Å². The first-order chi connectivity index (χ1) is 23.1. The normalized spacial score (nSPS) is 12.3. The Morgan fingerprint density at radius 3 is 2.19 bits per heavy atom. The number of carbonyl (C=O) groups is 2. The van der Waals surface area contributed by atoms with E-state index in [1.807, 2.05) is 53.4 Å². The molecule has 0 aliphatic carbocycles. The van der Waals surface area contributed by atoms with E-state index >= 15 is 0 Å². The molecule has 0 fully saturated rings. The highest BCUT2D eigenvalue weighted by Crippen LogP contribution is 2.37. The number of phenols is 2. The largest absolute Gasteiger partial charge is 0.508 e. The number of aromatic hydroxyl groups is 2. The molecule has 0 saturated heterocycles. The summed E-state index contributed by atoms with van der Waals surface area (Å²) in [5.41, 5.74) is 2.02. The van der Waals surface area contributed by atoms with Crippen LogP contribution in [0.2, 0.25) is 0 Å². The Balaban J connectivity index is 0.00000151. The highest BCUT2D eigenvalue weighted by atomic mass is 19.1. The number of halogens is 2. The molecule has 3 aromatic carbocycles. The third kappa shape index (κ3) is 8.29. The van der Waals surface area contributed by atoms with E-state index in [2.05, 4.69) is 10.3 Å². The van der Waals surface area contributed by atoms with Crippen LogP contribution in [0.25, 0.3) is 11.3 Å². The van der Waals surface area contributed by atoms with Crippen LogP contribution in [0.4, 0.5) is 20.2 Å². The minimum Gasteiger partial charge on any atom is -0.508 e. The van der Waals surface area contributed by atoms with Gasteiger partial charge in [0.2, 0.25) is 0 Å². The van der Waals surface area contributed by atoms with Crippen LogP contribution in [0.15, 0.2) is 66.7 Å². The number of anilines is 2. The molecule has 1 aromatic heterocycles. The Morgan fingerprint density at radius 2 is 1.60 bits per heavy atom. The zero-order valence-corrected chi connectivity index (χ0v) is 28.8. The molecule has 4 aromatic rings. The average molecular weight is 661 g/mol. The molecule has 1 aliphatic rings. The van der Waals surface area contributed by atoms with Crippen molar-refractivity contribution in [3.8, 4) is 22.8 Å². The summed E-state index contributed by atoms with van der Waals surface area (Å²) in [6.45, 7) is 14.8. The van der Waals surface area contributed by atoms with Crippen LogP contribution in [0, 0.1) is 11.6 Å². The molecule has 0 spiro atoms. The monoisotopic (exact) mass is 660 g/mol. The molecule has 1 aliphatic heterocycles. The van der Waals surface area contributed by atoms with Gasteiger partial charge in [-0.1, -0.05) is 47.6 Å². The fourth-order valence-electron chi connectivity index (χ4n) is 5.35. The molecule has 3 N–H and O–H groups in total. The molecular formula is C38H46F2N4O4. The zero-order valence-electron chi connectivity index (χ0n) is 28.8. The second-order valence-corrected chi connectivity index (χ2v) is 10.9. The fourth-order valence-corrected chi connectivity index (χ4v) is 5.35. The Labute approximate surface area is 282 Å². The number of hydrogen-bond donors (Lipinski definition) is 3. The zero-order chi connectivity index (χ0) is 35.5. The molecule has 48 heavy (non-hydrogen) atoms. The summed E-state index contributed by atoms with van der Waals surface area (Å²) < 4.78 is 29.7. The van der Waals surface area contributed by atoms with Crippen molar-refractivity contribution in [1.29, 1.82) is 0 Å². The highest BCUT2D eigenvalue weighted by Gasteiger charge is 2.33. The van der Waals surface area contributed by atoms with Crippen LogP contribution in [0.1, 0.15) is 93.3 Å². The maximum atomic E-state index is 14.8. The summed E-state index contributed by atoms with van der Waals surface area (Å²) in [4.78, 5) is 34.7. The van der Waals surface area contributed by atoms with E-state index in [0.717, 1.165) is 25.0 Å². The van der Waals surface area contributed by atoms with Crippen molar-refractivity contribution in [3.05, 3.63) is 101 Å². The van der Waals surface area contributed by atoms with Gasteiger partial charge >= 0.3 is 0 Å². The number of carbonyl (C=O) groups excluding carboxylic acids is 2. The number of amides is 2. The van der Waals surface area contributed by atoms with Crippen molar-refractivity contribution in [2.45, 2.75) is 80.4 Å². The first kappa shape index (κ1) is 37.5. The number of hydrogen-bond acceptors (Lipinski definition) is 6. The number of phenolic OH excluding ortho intramolecular Hbond substituents is 2. The van der Waals surface area contributed by atoms with Gasteiger partial charge in [-0.3, -0.25) is 9.59 Å². The summed E-state index contributed by atoms with van der Waals surface area (Å²) in [5, 5.41) is 23.1. The number of fused-ring (bicyclic) bond motifs is 1. The smallest absolute Gasteiger partial charge is 0.258 e. The molecule has 2 heterocycles. The molecule has 0 radical (unpaired) electrons. The van der Waals surface area contributed by atoms with E-state index in [-0.39, 0.29) is 53.4 Å². The first-order valence-corrected chi connectivity index (χ1v) is 16.6. The molecule has 0 saturated carbocycles. The van der Waals surface area contributed by atoms with Crippen molar-refractivity contribution in [1.82, 2.24) is 14.8 Å².